The van der Waals surface area contributed by atoms with Crippen molar-refractivity contribution >= 4 is 45.0 Å². The second kappa shape index (κ2) is 10.2. The number of nitrogens with one attached hydrogen (secondary N) is 1. The van der Waals surface area contributed by atoms with E-state index in [4.69, 9.17) is 16.6 Å². The normalized spacial score (nSPS) is 16.3. The molecule has 176 valence electrons. The van der Waals surface area contributed by atoms with Crippen LogP contribution in [0.3, 0.4) is 0 Å². The highest BCUT2D eigenvalue weighted by molar-refractivity contribution is 8.00. The first kappa shape index (κ1) is 25.1. The van der Waals surface area contributed by atoms with E-state index in [-0.39, 0.29) is 15.8 Å². The summed E-state index contributed by atoms with van der Waals surface area (Å²) in [6.45, 7) is 5.92. The molecule has 7 nitrogen and oxygen atoms in total. The number of aromatic nitrogens is 2. The fourth-order valence-corrected chi connectivity index (χ4v) is 6.34. The van der Waals surface area contributed by atoms with Gasteiger partial charge in [-0.3, -0.25) is 4.79 Å². The van der Waals surface area contributed by atoms with E-state index in [9.17, 15) is 13.2 Å². The van der Waals surface area contributed by atoms with Crippen LogP contribution in [0.4, 0.5) is 5.69 Å². The van der Waals surface area contributed by atoms with E-state index in [1.165, 1.54) is 57.3 Å². The quantitative estimate of drug-likeness (QED) is 0.541. The minimum Gasteiger partial charge on any atom is -0.325 e. The van der Waals surface area contributed by atoms with E-state index >= 15 is 0 Å². The summed E-state index contributed by atoms with van der Waals surface area (Å²) in [6.07, 6.45) is 5.99. The Kier molecular flexibility index (Phi) is 7.96. The third kappa shape index (κ3) is 5.32. The molecule has 1 aromatic heterocycles. The molecule has 0 spiro atoms. The van der Waals surface area contributed by atoms with Crippen LogP contribution in [0.15, 0.2) is 28.3 Å². The molecule has 1 fully saturated rings. The average Bonchev–Trinajstić information content (AvgIpc) is 3.02. The summed E-state index contributed by atoms with van der Waals surface area (Å²) in [5.74, 6) is -0.223. The van der Waals surface area contributed by atoms with Crippen LogP contribution in [0.2, 0.25) is 5.02 Å². The Bertz CT molecular complexity index is 1090. The van der Waals surface area contributed by atoms with Crippen molar-refractivity contribution in [3.63, 3.8) is 0 Å². The second-order valence-corrected chi connectivity index (χ2v) is 12.2. The molecule has 1 aliphatic rings. The predicted octanol–water partition coefficient (Wildman–Crippen LogP) is 5.03. The van der Waals surface area contributed by atoms with Gasteiger partial charge in [-0.15, -0.1) is 0 Å². The van der Waals surface area contributed by atoms with Gasteiger partial charge in [0.1, 0.15) is 4.90 Å². The number of hydrogen-bond donors (Lipinski definition) is 1. The van der Waals surface area contributed by atoms with Crippen molar-refractivity contribution in [2.45, 2.75) is 74.2 Å². The van der Waals surface area contributed by atoms with Gasteiger partial charge in [0.05, 0.1) is 16.0 Å². The van der Waals surface area contributed by atoms with Crippen LogP contribution in [0, 0.1) is 13.8 Å². The number of aryl methyl sites for hydroxylation is 1. The van der Waals surface area contributed by atoms with E-state index in [2.05, 4.69) is 16.8 Å². The molecule has 1 N–H and O–H groups in total. The van der Waals surface area contributed by atoms with Crippen LogP contribution in [0.1, 0.15) is 56.5 Å². The molecule has 32 heavy (non-hydrogen) atoms. The molecule has 0 radical (unpaired) electrons. The highest BCUT2D eigenvalue weighted by atomic mass is 35.5. The molecular weight excluding hydrogens is 468 g/mol. The van der Waals surface area contributed by atoms with Crippen molar-refractivity contribution in [3.8, 4) is 0 Å². The third-order valence-electron chi connectivity index (χ3n) is 5.90. The molecule has 1 heterocycles. The highest BCUT2D eigenvalue weighted by Gasteiger charge is 2.26. The topological polar surface area (TPSA) is 84.3 Å². The summed E-state index contributed by atoms with van der Waals surface area (Å²) >= 11 is 7.54. The van der Waals surface area contributed by atoms with Crippen molar-refractivity contribution in [2.75, 3.05) is 19.4 Å². The summed E-state index contributed by atoms with van der Waals surface area (Å²) in [4.78, 5) is 17.6. The van der Waals surface area contributed by atoms with Crippen molar-refractivity contribution < 1.29 is 13.2 Å². The molecule has 1 amide bonds. The number of benzene rings is 1. The molecular formula is C22H31ClN4O3S2. The lowest BCUT2D eigenvalue weighted by molar-refractivity contribution is -0.115. The molecule has 3 rings (SSSR count). The van der Waals surface area contributed by atoms with Crippen molar-refractivity contribution in [1.29, 1.82) is 0 Å². The number of rotatable bonds is 7. The van der Waals surface area contributed by atoms with Crippen LogP contribution in [0.5, 0.6) is 0 Å². The van der Waals surface area contributed by atoms with Gasteiger partial charge in [-0.25, -0.2) is 17.7 Å². The maximum absolute atomic E-state index is 12.9. The number of imidazole rings is 1. The number of sulfonamides is 1. The second-order valence-electron chi connectivity index (χ2n) is 8.41. The third-order valence-corrected chi connectivity index (χ3v) is 9.27. The first-order valence-electron chi connectivity index (χ1n) is 10.8. The van der Waals surface area contributed by atoms with E-state index in [0.29, 0.717) is 11.7 Å². The van der Waals surface area contributed by atoms with Gasteiger partial charge in [0.15, 0.2) is 5.16 Å². The summed E-state index contributed by atoms with van der Waals surface area (Å²) in [7, 11) is -0.846. The fraction of sp³-hybridized carbons (Fsp3) is 0.545. The molecule has 1 aliphatic carbocycles. The number of carbonyl (C=O) groups is 1. The van der Waals surface area contributed by atoms with Gasteiger partial charge < -0.3 is 9.88 Å². The Balaban J connectivity index is 1.77. The van der Waals surface area contributed by atoms with Crippen LogP contribution in [-0.4, -0.2) is 47.5 Å². The van der Waals surface area contributed by atoms with Gasteiger partial charge in [0, 0.05) is 31.5 Å². The Morgan fingerprint density at radius 2 is 1.91 bits per heavy atom. The van der Waals surface area contributed by atoms with Crippen LogP contribution in [-0.2, 0) is 14.8 Å². The summed E-state index contributed by atoms with van der Waals surface area (Å²) in [6, 6.07) is 4.90. The lowest BCUT2D eigenvalue weighted by Crippen LogP contribution is -2.25. The summed E-state index contributed by atoms with van der Waals surface area (Å²) in [5, 5.41) is 3.38. The molecule has 1 saturated carbocycles. The molecule has 0 saturated heterocycles. The number of anilines is 1. The molecule has 1 atom stereocenters. The smallest absolute Gasteiger partial charge is 0.244 e. The SMILES string of the molecule is Cc1nc(SC(C)C(=O)Nc2ccc(Cl)c(S(=O)(=O)N(C)C)c2)n(C2CCCCC2)c1C. The number of amides is 1. The van der Waals surface area contributed by atoms with Gasteiger partial charge in [0.25, 0.3) is 0 Å². The first-order valence-corrected chi connectivity index (χ1v) is 13.5. The van der Waals surface area contributed by atoms with Gasteiger partial charge >= 0.3 is 0 Å². The molecule has 0 bridgehead atoms. The van der Waals surface area contributed by atoms with Gasteiger partial charge in [-0.05, 0) is 51.8 Å². The number of hydrogen-bond acceptors (Lipinski definition) is 5. The van der Waals surface area contributed by atoms with Gasteiger partial charge in [0.2, 0.25) is 15.9 Å². The van der Waals surface area contributed by atoms with Gasteiger partial charge in [-0.1, -0.05) is 42.6 Å². The maximum Gasteiger partial charge on any atom is 0.244 e. The van der Waals surface area contributed by atoms with E-state index in [0.717, 1.165) is 33.7 Å². The van der Waals surface area contributed by atoms with Crippen molar-refractivity contribution in [1.82, 2.24) is 13.9 Å². The van der Waals surface area contributed by atoms with Crippen molar-refractivity contribution in [2.24, 2.45) is 0 Å². The predicted molar refractivity (Wildman–Crippen MR) is 130 cm³/mol. The number of thioether (sulfide) groups is 1. The van der Waals surface area contributed by atoms with Crippen LogP contribution >= 0.6 is 23.4 Å². The maximum atomic E-state index is 12.9. The minimum atomic E-state index is -3.72. The largest absolute Gasteiger partial charge is 0.325 e. The van der Waals surface area contributed by atoms with Crippen LogP contribution < -0.4 is 5.32 Å². The molecule has 0 aliphatic heterocycles. The lowest BCUT2D eigenvalue weighted by atomic mass is 9.95. The Morgan fingerprint density at radius 1 is 1.25 bits per heavy atom. The molecule has 2 aromatic rings. The fourth-order valence-electron chi connectivity index (χ4n) is 3.88. The lowest BCUT2D eigenvalue weighted by Gasteiger charge is -2.26. The number of halogens is 1. The van der Waals surface area contributed by atoms with Crippen molar-refractivity contribution in [3.05, 3.63) is 34.6 Å². The van der Waals surface area contributed by atoms with E-state index in [1.54, 1.807) is 6.07 Å². The zero-order chi connectivity index (χ0) is 23.6. The van der Waals surface area contributed by atoms with Crippen LogP contribution in [0.25, 0.3) is 0 Å². The number of carbonyl (C=O) groups excluding carboxylic acids is 1. The number of nitrogens with zero attached hydrogens (tertiary/aromatic N) is 3. The first-order chi connectivity index (χ1) is 15.0. The van der Waals surface area contributed by atoms with E-state index < -0.39 is 15.3 Å². The highest BCUT2D eigenvalue weighted by Crippen LogP contribution is 2.36. The zero-order valence-electron chi connectivity index (χ0n) is 19.2. The monoisotopic (exact) mass is 498 g/mol. The average molecular weight is 499 g/mol. The molecule has 10 heteroatoms. The van der Waals surface area contributed by atoms with Gasteiger partial charge in [-0.2, -0.15) is 0 Å². The summed E-state index contributed by atoms with van der Waals surface area (Å²) < 4.78 is 28.4. The Morgan fingerprint density at radius 3 is 2.53 bits per heavy atom. The van der Waals surface area contributed by atoms with E-state index in [1.807, 2.05) is 13.8 Å². The summed E-state index contributed by atoms with van der Waals surface area (Å²) in [5.41, 5.74) is 2.53. The Labute approximate surface area is 200 Å². The molecule has 1 aromatic carbocycles. The zero-order valence-corrected chi connectivity index (χ0v) is 21.6. The molecule has 1 unspecified atom stereocenters. The standard InChI is InChI=1S/C22H31ClN4O3S2/c1-14-15(2)27(18-9-7-6-8-10-18)22(24-14)31-16(3)21(28)25-17-11-12-19(23)20(13-17)32(29,30)26(4)5/h11-13,16,18H,6-10H2,1-5H3,(H,25,28). The Hall–Kier alpha value is -1.55. The minimum absolute atomic E-state index is 0.0404.